The lowest BCUT2D eigenvalue weighted by Crippen LogP contribution is -2.19. The van der Waals surface area contributed by atoms with Crippen LogP contribution in [0.5, 0.6) is 0 Å². The predicted molar refractivity (Wildman–Crippen MR) is 69.8 cm³/mol. The predicted octanol–water partition coefficient (Wildman–Crippen LogP) is 1.68. The first-order chi connectivity index (χ1) is 8.74. The number of carbonyl (C=O) groups excluding carboxylic acids is 1. The zero-order valence-electron chi connectivity index (χ0n) is 10.6. The van der Waals surface area contributed by atoms with E-state index in [1.165, 1.54) is 7.11 Å². The summed E-state index contributed by atoms with van der Waals surface area (Å²) >= 11 is 0. The molecule has 0 radical (unpaired) electrons. The molecular weight excluding hydrogens is 230 g/mol. The highest BCUT2D eigenvalue weighted by Crippen LogP contribution is 2.25. The monoisotopic (exact) mass is 249 g/mol. The lowest BCUT2D eigenvalue weighted by molar-refractivity contribution is 0.0601. The summed E-state index contributed by atoms with van der Waals surface area (Å²) < 4.78 is 4.67. The molecule has 0 saturated carbocycles. The first kappa shape index (κ1) is 12.9. The largest absolute Gasteiger partial charge is 0.465 e. The number of rotatable bonds is 4. The molecule has 4 nitrogen and oxygen atoms in total. The summed E-state index contributed by atoms with van der Waals surface area (Å²) in [6.45, 7) is 2.26. The van der Waals surface area contributed by atoms with Crippen LogP contribution in [0.4, 0.5) is 5.69 Å². The van der Waals surface area contributed by atoms with Crippen LogP contribution in [-0.4, -0.2) is 37.9 Å². The third-order valence-electron chi connectivity index (χ3n) is 3.48. The Morgan fingerprint density at radius 1 is 1.44 bits per heavy atom. The van der Waals surface area contributed by atoms with Crippen molar-refractivity contribution in [1.82, 2.24) is 0 Å². The van der Waals surface area contributed by atoms with Crippen LogP contribution in [0.1, 0.15) is 23.2 Å². The van der Waals surface area contributed by atoms with E-state index in [2.05, 4.69) is 9.64 Å². The standard InChI is InChI=1S/C14H19NO3/c1-18-14(17)12-2-4-13(5-3-12)15-8-6-11(10-15)7-9-16/h2-5,11,16H,6-10H2,1H3. The van der Waals surface area contributed by atoms with Crippen molar-refractivity contribution in [3.8, 4) is 0 Å². The third kappa shape index (κ3) is 2.82. The molecule has 4 heteroatoms. The number of methoxy groups -OCH3 is 1. The van der Waals surface area contributed by atoms with E-state index in [9.17, 15) is 4.79 Å². The Bertz CT molecular complexity index is 402. The second-order valence-electron chi connectivity index (χ2n) is 4.65. The van der Waals surface area contributed by atoms with Crippen molar-refractivity contribution in [2.45, 2.75) is 12.8 Å². The van der Waals surface area contributed by atoms with Gasteiger partial charge in [0.25, 0.3) is 0 Å². The van der Waals surface area contributed by atoms with E-state index in [4.69, 9.17) is 5.11 Å². The molecule has 1 atom stereocenters. The second kappa shape index (κ2) is 5.87. The van der Waals surface area contributed by atoms with E-state index < -0.39 is 0 Å². The topological polar surface area (TPSA) is 49.8 Å². The Labute approximate surface area is 107 Å². The Morgan fingerprint density at radius 3 is 2.78 bits per heavy atom. The molecule has 0 spiro atoms. The Balaban J connectivity index is 2.00. The number of hydrogen-bond donors (Lipinski definition) is 1. The molecule has 18 heavy (non-hydrogen) atoms. The molecule has 1 aromatic rings. The Morgan fingerprint density at radius 2 is 2.17 bits per heavy atom. The van der Waals surface area contributed by atoms with Crippen molar-refractivity contribution in [3.63, 3.8) is 0 Å². The normalized spacial score (nSPS) is 19.0. The number of ether oxygens (including phenoxy) is 1. The van der Waals surface area contributed by atoms with Gasteiger partial charge >= 0.3 is 5.97 Å². The molecule has 2 rings (SSSR count). The van der Waals surface area contributed by atoms with Gasteiger partial charge in [-0.3, -0.25) is 0 Å². The number of nitrogens with zero attached hydrogens (tertiary/aromatic N) is 1. The smallest absolute Gasteiger partial charge is 0.337 e. The highest BCUT2D eigenvalue weighted by atomic mass is 16.5. The molecule has 1 aromatic carbocycles. The van der Waals surface area contributed by atoms with E-state index in [0.29, 0.717) is 11.5 Å². The summed E-state index contributed by atoms with van der Waals surface area (Å²) in [4.78, 5) is 13.6. The maximum absolute atomic E-state index is 11.3. The summed E-state index contributed by atoms with van der Waals surface area (Å²) in [5.74, 6) is 0.274. The molecule has 0 bridgehead atoms. The van der Waals surface area contributed by atoms with Gasteiger partial charge in [0.15, 0.2) is 0 Å². The number of aliphatic hydroxyl groups is 1. The minimum absolute atomic E-state index is 0.264. The van der Waals surface area contributed by atoms with Crippen molar-refractivity contribution in [2.24, 2.45) is 5.92 Å². The highest BCUT2D eigenvalue weighted by Gasteiger charge is 2.22. The average molecular weight is 249 g/mol. The van der Waals surface area contributed by atoms with Crippen LogP contribution >= 0.6 is 0 Å². The van der Waals surface area contributed by atoms with Gasteiger partial charge in [0.2, 0.25) is 0 Å². The van der Waals surface area contributed by atoms with Gasteiger partial charge in [-0.2, -0.15) is 0 Å². The molecule has 1 unspecified atom stereocenters. The number of esters is 1. The fourth-order valence-electron chi connectivity index (χ4n) is 2.41. The summed E-state index contributed by atoms with van der Waals surface area (Å²) in [7, 11) is 1.39. The molecule has 98 valence electrons. The van der Waals surface area contributed by atoms with Gasteiger partial charge in [-0.05, 0) is 43.0 Å². The third-order valence-corrected chi connectivity index (χ3v) is 3.48. The van der Waals surface area contributed by atoms with E-state index in [-0.39, 0.29) is 12.6 Å². The highest BCUT2D eigenvalue weighted by molar-refractivity contribution is 5.89. The Kier molecular flexibility index (Phi) is 4.20. The molecule has 1 aliphatic heterocycles. The van der Waals surface area contributed by atoms with E-state index in [1.807, 2.05) is 12.1 Å². The zero-order chi connectivity index (χ0) is 13.0. The minimum Gasteiger partial charge on any atom is -0.465 e. The second-order valence-corrected chi connectivity index (χ2v) is 4.65. The quantitative estimate of drug-likeness (QED) is 0.825. The molecule has 0 aliphatic carbocycles. The van der Waals surface area contributed by atoms with Crippen LogP contribution < -0.4 is 4.90 Å². The minimum atomic E-state index is -0.305. The van der Waals surface area contributed by atoms with Crippen molar-refractivity contribution in [3.05, 3.63) is 29.8 Å². The molecule has 1 N–H and O–H groups in total. The number of hydrogen-bond acceptors (Lipinski definition) is 4. The van der Waals surface area contributed by atoms with Crippen LogP contribution in [0.3, 0.4) is 0 Å². The summed E-state index contributed by atoms with van der Waals surface area (Å²) in [6, 6.07) is 7.49. The van der Waals surface area contributed by atoms with E-state index in [1.54, 1.807) is 12.1 Å². The van der Waals surface area contributed by atoms with Gasteiger partial charge in [0, 0.05) is 25.4 Å². The summed E-state index contributed by atoms with van der Waals surface area (Å²) in [5.41, 5.74) is 1.70. The first-order valence-electron chi connectivity index (χ1n) is 6.28. The van der Waals surface area contributed by atoms with Gasteiger partial charge in [0.1, 0.15) is 0 Å². The fraction of sp³-hybridized carbons (Fsp3) is 0.500. The van der Waals surface area contributed by atoms with Crippen LogP contribution in [0.25, 0.3) is 0 Å². The van der Waals surface area contributed by atoms with Crippen LogP contribution in [-0.2, 0) is 4.74 Å². The van der Waals surface area contributed by atoms with Crippen LogP contribution in [0, 0.1) is 5.92 Å². The number of anilines is 1. The summed E-state index contributed by atoms with van der Waals surface area (Å²) in [6.07, 6.45) is 2.00. The van der Waals surface area contributed by atoms with Crippen molar-refractivity contribution in [2.75, 3.05) is 31.7 Å². The maximum atomic E-state index is 11.3. The van der Waals surface area contributed by atoms with Crippen LogP contribution in [0.15, 0.2) is 24.3 Å². The molecular formula is C14H19NO3. The zero-order valence-corrected chi connectivity index (χ0v) is 10.6. The van der Waals surface area contributed by atoms with E-state index >= 15 is 0 Å². The molecule has 1 aliphatic rings. The van der Waals surface area contributed by atoms with Gasteiger partial charge in [-0.1, -0.05) is 0 Å². The first-order valence-corrected chi connectivity index (χ1v) is 6.28. The van der Waals surface area contributed by atoms with Crippen molar-refractivity contribution in [1.29, 1.82) is 0 Å². The Hall–Kier alpha value is -1.55. The van der Waals surface area contributed by atoms with Gasteiger partial charge in [0.05, 0.1) is 12.7 Å². The lowest BCUT2D eigenvalue weighted by Gasteiger charge is -2.18. The SMILES string of the molecule is COC(=O)c1ccc(N2CCC(CCO)C2)cc1. The molecule has 1 saturated heterocycles. The number of benzene rings is 1. The number of aliphatic hydroxyl groups excluding tert-OH is 1. The van der Waals surface area contributed by atoms with Gasteiger partial charge < -0.3 is 14.7 Å². The van der Waals surface area contributed by atoms with Crippen molar-refractivity contribution < 1.29 is 14.6 Å². The molecule has 0 aromatic heterocycles. The average Bonchev–Trinajstić information content (AvgIpc) is 2.87. The van der Waals surface area contributed by atoms with Crippen LogP contribution in [0.2, 0.25) is 0 Å². The molecule has 1 heterocycles. The maximum Gasteiger partial charge on any atom is 0.337 e. The lowest BCUT2D eigenvalue weighted by atomic mass is 10.1. The fourth-order valence-corrected chi connectivity index (χ4v) is 2.41. The van der Waals surface area contributed by atoms with Gasteiger partial charge in [-0.25, -0.2) is 4.79 Å². The number of carbonyl (C=O) groups is 1. The summed E-state index contributed by atoms with van der Waals surface area (Å²) in [5, 5.41) is 8.94. The van der Waals surface area contributed by atoms with Crippen molar-refractivity contribution >= 4 is 11.7 Å². The van der Waals surface area contributed by atoms with Gasteiger partial charge in [-0.15, -0.1) is 0 Å². The molecule has 1 fully saturated rings. The van der Waals surface area contributed by atoms with E-state index in [0.717, 1.165) is 31.6 Å². The molecule has 0 amide bonds.